The maximum atomic E-state index is 14.4. The van der Waals surface area contributed by atoms with Crippen LogP contribution in [0.25, 0.3) is 16.2 Å². The topological polar surface area (TPSA) is 88.0 Å². The number of halogens is 3. The SMILES string of the molecule is CN1C(=O)[C@@H](NC(=O)c2cn3c(-c4ccc(F)cc4F)csc3n2)COc2ccc(C#CC3(F)CNC3)cc21. The molecule has 0 aliphatic carbocycles. The van der Waals surface area contributed by atoms with E-state index in [-0.39, 0.29) is 31.0 Å². The molecule has 0 saturated carbocycles. The molecule has 2 aromatic heterocycles. The van der Waals surface area contributed by atoms with Gasteiger partial charge in [0.15, 0.2) is 10.6 Å². The monoisotopic (exact) mass is 551 g/mol. The third-order valence-corrected chi connectivity index (χ3v) is 7.39. The maximum absolute atomic E-state index is 14.4. The summed E-state index contributed by atoms with van der Waals surface area (Å²) < 4.78 is 49.3. The molecule has 4 aromatic rings. The number of aromatic nitrogens is 2. The molecule has 2 N–H and O–H groups in total. The number of thiazole rings is 1. The summed E-state index contributed by atoms with van der Waals surface area (Å²) in [5.74, 6) is 3.37. The zero-order chi connectivity index (χ0) is 27.3. The summed E-state index contributed by atoms with van der Waals surface area (Å²) in [6.45, 7) is 0.223. The molecule has 1 fully saturated rings. The standard InChI is InChI=1S/C27H20F3N5O3S/c1-34-21-8-15(6-7-27(30)13-31-14-27)2-5-23(21)38-11-20(25(34)37)32-24(36)19-10-35-22(12-39-26(35)33-19)17-4-3-16(28)9-18(17)29/h2-5,8-10,12,20,31H,11,13-14H2,1H3,(H,32,36)/t20-/m0/s1. The second kappa shape index (κ2) is 9.44. The molecule has 0 spiro atoms. The molecule has 0 unspecified atom stereocenters. The Morgan fingerprint density at radius 2 is 2.08 bits per heavy atom. The van der Waals surface area contributed by atoms with Gasteiger partial charge in [0.25, 0.3) is 11.8 Å². The maximum Gasteiger partial charge on any atom is 0.272 e. The molecule has 6 rings (SSSR count). The third-order valence-electron chi connectivity index (χ3n) is 6.55. The largest absolute Gasteiger partial charge is 0.489 e. The molecule has 198 valence electrons. The van der Waals surface area contributed by atoms with E-state index in [2.05, 4.69) is 27.5 Å². The van der Waals surface area contributed by atoms with E-state index < -0.39 is 35.2 Å². The average Bonchev–Trinajstić information content (AvgIpc) is 3.47. The number of fused-ring (bicyclic) bond motifs is 2. The van der Waals surface area contributed by atoms with Crippen LogP contribution in [-0.2, 0) is 4.79 Å². The number of amides is 2. The first-order valence-corrected chi connectivity index (χ1v) is 12.8. The van der Waals surface area contributed by atoms with Crippen LogP contribution in [-0.4, -0.2) is 59.7 Å². The number of hydrogen-bond donors (Lipinski definition) is 2. The second-order valence-corrected chi connectivity index (χ2v) is 10.1. The Morgan fingerprint density at radius 3 is 2.82 bits per heavy atom. The van der Waals surface area contributed by atoms with Gasteiger partial charge < -0.3 is 20.3 Å². The summed E-state index contributed by atoms with van der Waals surface area (Å²) in [7, 11) is 1.55. The summed E-state index contributed by atoms with van der Waals surface area (Å²) in [5, 5.41) is 7.16. The van der Waals surface area contributed by atoms with Gasteiger partial charge in [0, 0.05) is 48.9 Å². The summed E-state index contributed by atoms with van der Waals surface area (Å²) in [6, 6.07) is 7.20. The van der Waals surface area contributed by atoms with E-state index in [1.54, 1.807) is 30.6 Å². The molecule has 1 saturated heterocycles. The van der Waals surface area contributed by atoms with Crippen LogP contribution >= 0.6 is 11.3 Å². The number of likely N-dealkylation sites (N-methyl/N-ethyl adjacent to an activating group) is 1. The molecule has 39 heavy (non-hydrogen) atoms. The number of nitrogens with zero attached hydrogens (tertiary/aromatic N) is 3. The lowest BCUT2D eigenvalue weighted by Crippen LogP contribution is -2.55. The molecule has 12 heteroatoms. The minimum absolute atomic E-state index is 0.0195. The van der Waals surface area contributed by atoms with Gasteiger partial charge in [-0.3, -0.25) is 14.0 Å². The van der Waals surface area contributed by atoms with Crippen LogP contribution in [0.15, 0.2) is 48.0 Å². The van der Waals surface area contributed by atoms with E-state index in [9.17, 15) is 22.8 Å². The molecule has 0 radical (unpaired) electrons. The fraction of sp³-hybridized carbons (Fsp3) is 0.222. The smallest absolute Gasteiger partial charge is 0.272 e. The summed E-state index contributed by atoms with van der Waals surface area (Å²) in [5.41, 5.74) is -0.00338. The number of rotatable bonds is 3. The van der Waals surface area contributed by atoms with Gasteiger partial charge >= 0.3 is 0 Å². The van der Waals surface area contributed by atoms with Gasteiger partial charge in [0.1, 0.15) is 35.7 Å². The molecule has 2 aliphatic rings. The highest BCUT2D eigenvalue weighted by molar-refractivity contribution is 7.15. The number of benzene rings is 2. The quantitative estimate of drug-likeness (QED) is 0.382. The van der Waals surface area contributed by atoms with E-state index in [1.807, 2.05) is 0 Å². The zero-order valence-corrected chi connectivity index (χ0v) is 21.2. The minimum Gasteiger partial charge on any atom is -0.489 e. The lowest BCUT2D eigenvalue weighted by Gasteiger charge is -2.29. The van der Waals surface area contributed by atoms with Crippen molar-refractivity contribution in [3.8, 4) is 28.8 Å². The number of imidazole rings is 1. The van der Waals surface area contributed by atoms with E-state index in [1.165, 1.54) is 32.9 Å². The molecule has 2 aliphatic heterocycles. The van der Waals surface area contributed by atoms with Gasteiger partial charge in [-0.1, -0.05) is 11.8 Å². The average molecular weight is 552 g/mol. The van der Waals surface area contributed by atoms with Crippen molar-refractivity contribution in [3.05, 3.63) is 70.9 Å². The normalized spacial score (nSPS) is 17.9. The number of carbonyl (C=O) groups excluding carboxylic acids is 2. The first-order valence-electron chi connectivity index (χ1n) is 11.9. The molecule has 0 bridgehead atoms. The van der Waals surface area contributed by atoms with Gasteiger partial charge in [-0.25, -0.2) is 18.2 Å². The molecular formula is C27H20F3N5O3S. The van der Waals surface area contributed by atoms with E-state index >= 15 is 0 Å². The fourth-order valence-electron chi connectivity index (χ4n) is 4.31. The number of alkyl halides is 1. The predicted molar refractivity (Wildman–Crippen MR) is 139 cm³/mol. The summed E-state index contributed by atoms with van der Waals surface area (Å²) >= 11 is 1.19. The van der Waals surface area contributed by atoms with E-state index in [0.717, 1.165) is 12.1 Å². The Morgan fingerprint density at radius 1 is 1.26 bits per heavy atom. The predicted octanol–water partition coefficient (Wildman–Crippen LogP) is 3.16. The van der Waals surface area contributed by atoms with Crippen LogP contribution in [0, 0.1) is 23.5 Å². The Labute approximate surface area is 224 Å². The third kappa shape index (κ3) is 4.60. The highest BCUT2D eigenvalue weighted by atomic mass is 32.1. The molecule has 8 nitrogen and oxygen atoms in total. The van der Waals surface area contributed by atoms with Crippen molar-refractivity contribution in [3.63, 3.8) is 0 Å². The van der Waals surface area contributed by atoms with Crippen LogP contribution < -0.4 is 20.3 Å². The van der Waals surface area contributed by atoms with Crippen LogP contribution in [0.2, 0.25) is 0 Å². The van der Waals surface area contributed by atoms with E-state index in [4.69, 9.17) is 4.74 Å². The van der Waals surface area contributed by atoms with E-state index in [0.29, 0.717) is 27.7 Å². The number of anilines is 1. The number of carbonyl (C=O) groups is 2. The molecule has 1 atom stereocenters. The molecule has 2 amide bonds. The van der Waals surface area contributed by atoms with Gasteiger partial charge in [0.05, 0.1) is 11.4 Å². The Bertz CT molecular complexity index is 1700. The van der Waals surface area contributed by atoms with Crippen LogP contribution in [0.4, 0.5) is 18.9 Å². The first-order chi connectivity index (χ1) is 18.7. The molecule has 2 aromatic carbocycles. The second-order valence-electron chi connectivity index (χ2n) is 9.26. The lowest BCUT2D eigenvalue weighted by atomic mass is 10.00. The fourth-order valence-corrected chi connectivity index (χ4v) is 5.19. The van der Waals surface area contributed by atoms with Crippen LogP contribution in [0.5, 0.6) is 5.75 Å². The van der Waals surface area contributed by atoms with Crippen molar-refractivity contribution in [2.45, 2.75) is 11.7 Å². The minimum atomic E-state index is -1.56. The number of nitrogens with one attached hydrogen (secondary N) is 2. The number of ether oxygens (including phenoxy) is 1. The van der Waals surface area contributed by atoms with Crippen molar-refractivity contribution >= 4 is 33.8 Å². The highest BCUT2D eigenvalue weighted by Crippen LogP contribution is 2.32. The highest BCUT2D eigenvalue weighted by Gasteiger charge is 2.35. The van der Waals surface area contributed by atoms with Crippen molar-refractivity contribution in [1.82, 2.24) is 20.0 Å². The van der Waals surface area contributed by atoms with Crippen molar-refractivity contribution in [2.75, 3.05) is 31.6 Å². The van der Waals surface area contributed by atoms with Crippen LogP contribution in [0.1, 0.15) is 16.1 Å². The Hall–Kier alpha value is -4.34. The number of hydrogen-bond acceptors (Lipinski definition) is 6. The Kier molecular flexibility index (Phi) is 6.05. The van der Waals surface area contributed by atoms with Crippen molar-refractivity contribution < 1.29 is 27.5 Å². The van der Waals surface area contributed by atoms with Gasteiger partial charge in [-0.05, 0) is 30.3 Å². The van der Waals surface area contributed by atoms with Gasteiger partial charge in [0.2, 0.25) is 0 Å². The van der Waals surface area contributed by atoms with Crippen molar-refractivity contribution in [2.24, 2.45) is 0 Å². The molecule has 4 heterocycles. The first kappa shape index (κ1) is 25.0. The lowest BCUT2D eigenvalue weighted by molar-refractivity contribution is -0.120. The summed E-state index contributed by atoms with van der Waals surface area (Å²) in [6.07, 6.45) is 1.43. The van der Waals surface area contributed by atoms with Gasteiger partial charge in [-0.2, -0.15) is 0 Å². The Balaban J connectivity index is 1.20. The summed E-state index contributed by atoms with van der Waals surface area (Å²) in [4.78, 5) is 32.3. The molecular weight excluding hydrogens is 531 g/mol. The van der Waals surface area contributed by atoms with Crippen LogP contribution in [0.3, 0.4) is 0 Å². The zero-order valence-electron chi connectivity index (χ0n) is 20.4. The van der Waals surface area contributed by atoms with Gasteiger partial charge in [-0.15, -0.1) is 11.3 Å². The van der Waals surface area contributed by atoms with Crippen molar-refractivity contribution in [1.29, 1.82) is 0 Å².